The van der Waals surface area contributed by atoms with Crippen LogP contribution in [0.2, 0.25) is 0 Å². The molecule has 0 fully saturated rings. The number of para-hydroxylation sites is 1. The van der Waals surface area contributed by atoms with Crippen molar-refractivity contribution in [1.29, 1.82) is 0 Å². The fourth-order valence-corrected chi connectivity index (χ4v) is 2.89. The number of nitrogen functional groups attached to an aromatic ring is 1. The van der Waals surface area contributed by atoms with Gasteiger partial charge in [-0.05, 0) is 37.9 Å². The Morgan fingerprint density at radius 1 is 1.24 bits per heavy atom. The number of benzene rings is 1. The summed E-state index contributed by atoms with van der Waals surface area (Å²) >= 11 is 6.94. The number of aromatic nitrogens is 1. The summed E-state index contributed by atoms with van der Waals surface area (Å²) in [5.41, 5.74) is 7.70. The number of ether oxygens (including phenoxy) is 1. The minimum atomic E-state index is 0.453. The van der Waals surface area contributed by atoms with Crippen LogP contribution in [0.3, 0.4) is 0 Å². The molecule has 0 unspecified atom stereocenters. The summed E-state index contributed by atoms with van der Waals surface area (Å²) in [4.78, 5) is 4.06. The van der Waals surface area contributed by atoms with Gasteiger partial charge in [-0.25, -0.2) is 4.98 Å². The largest absolute Gasteiger partial charge is 0.496 e. The zero-order valence-electron chi connectivity index (χ0n) is 9.08. The molecule has 1 aromatic heterocycles. The number of rotatable bonds is 2. The molecule has 3 nitrogen and oxygen atoms in total. The molecule has 2 aromatic rings. The lowest BCUT2D eigenvalue weighted by molar-refractivity contribution is 0.416. The van der Waals surface area contributed by atoms with E-state index in [0.29, 0.717) is 5.82 Å². The lowest BCUT2D eigenvalue weighted by Gasteiger charge is -2.12. The molecule has 2 rings (SSSR count). The molecular weight excluding hydrogens is 348 g/mol. The van der Waals surface area contributed by atoms with Crippen molar-refractivity contribution in [2.24, 2.45) is 0 Å². The van der Waals surface area contributed by atoms with E-state index < -0.39 is 0 Å². The van der Waals surface area contributed by atoms with Crippen molar-refractivity contribution >= 4 is 37.7 Å². The van der Waals surface area contributed by atoms with Crippen molar-refractivity contribution in [2.45, 2.75) is 0 Å². The summed E-state index contributed by atoms with van der Waals surface area (Å²) in [6.07, 6.45) is 1.68. The predicted octanol–water partition coefficient (Wildman–Crippen LogP) is 3.86. The van der Waals surface area contributed by atoms with Gasteiger partial charge in [0.15, 0.2) is 0 Å². The van der Waals surface area contributed by atoms with Crippen LogP contribution in [-0.2, 0) is 0 Å². The van der Waals surface area contributed by atoms with Crippen LogP contribution in [0, 0.1) is 0 Å². The maximum Gasteiger partial charge on any atom is 0.138 e. The highest BCUT2D eigenvalue weighted by Crippen LogP contribution is 2.41. The Balaban J connectivity index is 2.72. The quantitative estimate of drug-likeness (QED) is 0.887. The summed E-state index contributed by atoms with van der Waals surface area (Å²) < 4.78 is 6.97. The van der Waals surface area contributed by atoms with E-state index >= 15 is 0 Å². The van der Waals surface area contributed by atoms with E-state index in [1.54, 1.807) is 13.3 Å². The van der Waals surface area contributed by atoms with Crippen LogP contribution in [0.25, 0.3) is 11.1 Å². The van der Waals surface area contributed by atoms with Crippen LogP contribution < -0.4 is 10.5 Å². The zero-order valence-corrected chi connectivity index (χ0v) is 12.2. The topological polar surface area (TPSA) is 48.1 Å². The SMILES string of the molecule is COc1ccccc1-c1c(Br)cnc(N)c1Br. The summed E-state index contributed by atoms with van der Waals surface area (Å²) in [6, 6.07) is 7.76. The molecule has 0 aliphatic heterocycles. The number of pyridine rings is 1. The normalized spacial score (nSPS) is 10.3. The molecule has 88 valence electrons. The van der Waals surface area contributed by atoms with E-state index in [0.717, 1.165) is 25.8 Å². The second-order valence-corrected chi connectivity index (χ2v) is 5.03. The van der Waals surface area contributed by atoms with Crippen LogP contribution in [0.5, 0.6) is 5.75 Å². The lowest BCUT2D eigenvalue weighted by Crippen LogP contribution is -1.96. The first-order valence-corrected chi connectivity index (χ1v) is 6.46. The molecule has 0 amide bonds. The Morgan fingerprint density at radius 3 is 2.65 bits per heavy atom. The van der Waals surface area contributed by atoms with Crippen LogP contribution in [0.4, 0.5) is 5.82 Å². The van der Waals surface area contributed by atoms with Gasteiger partial charge in [-0.15, -0.1) is 0 Å². The van der Waals surface area contributed by atoms with Crippen molar-refractivity contribution in [2.75, 3.05) is 12.8 Å². The van der Waals surface area contributed by atoms with Gasteiger partial charge in [0.05, 0.1) is 11.6 Å². The third kappa shape index (κ3) is 2.30. The highest BCUT2D eigenvalue weighted by Gasteiger charge is 2.14. The molecule has 0 radical (unpaired) electrons. The Labute approximate surface area is 116 Å². The number of nitrogens with zero attached hydrogens (tertiary/aromatic N) is 1. The molecule has 0 atom stereocenters. The molecule has 0 spiro atoms. The Kier molecular flexibility index (Phi) is 3.69. The molecule has 0 aliphatic carbocycles. The first kappa shape index (κ1) is 12.4. The number of hydrogen-bond acceptors (Lipinski definition) is 3. The van der Waals surface area contributed by atoms with E-state index in [9.17, 15) is 0 Å². The van der Waals surface area contributed by atoms with Gasteiger partial charge in [0.25, 0.3) is 0 Å². The van der Waals surface area contributed by atoms with Crippen LogP contribution in [-0.4, -0.2) is 12.1 Å². The fourth-order valence-electron chi connectivity index (χ4n) is 1.58. The van der Waals surface area contributed by atoms with Gasteiger partial charge in [0.1, 0.15) is 11.6 Å². The number of hydrogen-bond donors (Lipinski definition) is 1. The first-order chi connectivity index (χ1) is 8.15. The Hall–Kier alpha value is -1.07. The highest BCUT2D eigenvalue weighted by molar-refractivity contribution is 9.11. The van der Waals surface area contributed by atoms with Crippen molar-refractivity contribution < 1.29 is 4.74 Å². The van der Waals surface area contributed by atoms with Crippen molar-refractivity contribution in [1.82, 2.24) is 4.98 Å². The summed E-state index contributed by atoms with van der Waals surface area (Å²) in [7, 11) is 1.64. The molecule has 5 heteroatoms. The average molecular weight is 358 g/mol. The van der Waals surface area contributed by atoms with Crippen LogP contribution >= 0.6 is 31.9 Å². The number of anilines is 1. The standard InChI is InChI=1S/C12H10Br2N2O/c1-17-9-5-3-2-4-7(9)10-8(13)6-16-12(15)11(10)14/h2-6H,1H3,(H2,15,16). The zero-order chi connectivity index (χ0) is 12.4. The lowest BCUT2D eigenvalue weighted by atomic mass is 10.1. The second kappa shape index (κ2) is 5.06. The van der Waals surface area contributed by atoms with Gasteiger partial charge >= 0.3 is 0 Å². The van der Waals surface area contributed by atoms with Crippen molar-refractivity contribution in [3.05, 3.63) is 39.4 Å². The maximum absolute atomic E-state index is 5.80. The molecular formula is C12H10Br2N2O. The molecule has 0 saturated carbocycles. The maximum atomic E-state index is 5.80. The monoisotopic (exact) mass is 356 g/mol. The minimum Gasteiger partial charge on any atom is -0.496 e. The van der Waals surface area contributed by atoms with Crippen LogP contribution in [0.1, 0.15) is 0 Å². The molecule has 17 heavy (non-hydrogen) atoms. The molecule has 0 aliphatic rings. The smallest absolute Gasteiger partial charge is 0.138 e. The van der Waals surface area contributed by atoms with Gasteiger partial charge < -0.3 is 10.5 Å². The predicted molar refractivity (Wildman–Crippen MR) is 76.0 cm³/mol. The van der Waals surface area contributed by atoms with Gasteiger partial charge in [0, 0.05) is 21.8 Å². The van der Waals surface area contributed by atoms with Crippen LogP contribution in [0.15, 0.2) is 39.4 Å². The third-order valence-corrected chi connectivity index (χ3v) is 3.78. The van der Waals surface area contributed by atoms with Gasteiger partial charge in [0.2, 0.25) is 0 Å². The molecule has 2 N–H and O–H groups in total. The Morgan fingerprint density at radius 2 is 1.94 bits per heavy atom. The molecule has 0 bridgehead atoms. The summed E-state index contributed by atoms with van der Waals surface area (Å²) in [5, 5.41) is 0. The fraction of sp³-hybridized carbons (Fsp3) is 0.0833. The van der Waals surface area contributed by atoms with Gasteiger partial charge in [-0.1, -0.05) is 18.2 Å². The third-order valence-electron chi connectivity index (χ3n) is 2.38. The highest BCUT2D eigenvalue weighted by atomic mass is 79.9. The second-order valence-electron chi connectivity index (χ2n) is 3.38. The minimum absolute atomic E-state index is 0.453. The van der Waals surface area contributed by atoms with E-state index in [1.807, 2.05) is 24.3 Å². The first-order valence-electron chi connectivity index (χ1n) is 4.88. The van der Waals surface area contributed by atoms with E-state index in [-0.39, 0.29) is 0 Å². The van der Waals surface area contributed by atoms with E-state index in [1.165, 1.54) is 0 Å². The number of methoxy groups -OCH3 is 1. The Bertz CT molecular complexity index is 558. The summed E-state index contributed by atoms with van der Waals surface area (Å²) in [6.45, 7) is 0. The number of halogens is 2. The molecule has 1 heterocycles. The van der Waals surface area contributed by atoms with E-state index in [4.69, 9.17) is 10.5 Å². The number of nitrogens with two attached hydrogens (primary N) is 1. The van der Waals surface area contributed by atoms with E-state index in [2.05, 4.69) is 36.8 Å². The molecule has 1 aromatic carbocycles. The molecule has 0 saturated heterocycles. The van der Waals surface area contributed by atoms with Crippen molar-refractivity contribution in [3.8, 4) is 16.9 Å². The summed E-state index contributed by atoms with van der Waals surface area (Å²) in [5.74, 6) is 1.24. The van der Waals surface area contributed by atoms with Gasteiger partial charge in [-0.3, -0.25) is 0 Å². The van der Waals surface area contributed by atoms with Crippen molar-refractivity contribution in [3.63, 3.8) is 0 Å². The average Bonchev–Trinajstić information content (AvgIpc) is 2.35. The van der Waals surface area contributed by atoms with Gasteiger partial charge in [-0.2, -0.15) is 0 Å².